The Balaban J connectivity index is 0.00000261. The van der Waals surface area contributed by atoms with Crippen LogP contribution in [-0.2, 0) is 22.5 Å². The molecule has 0 bridgehead atoms. The van der Waals surface area contributed by atoms with Gasteiger partial charge in [-0.15, -0.1) is 12.4 Å². The Bertz CT molecular complexity index is 661. The number of halogens is 1. The van der Waals surface area contributed by atoms with Crippen LogP contribution in [0.5, 0.6) is 0 Å². The third-order valence-electron chi connectivity index (χ3n) is 4.75. The van der Waals surface area contributed by atoms with E-state index in [2.05, 4.69) is 29.6 Å². The zero-order valence-corrected chi connectivity index (χ0v) is 16.5. The standard InChI is InChI=1S/C22H28N2O2.ClH/c25-22(17-23-16-21-12-7-15-26-21)24(18-20-10-5-2-6-11-20)14-13-19-8-3-1-4-9-19;/h1-6,8-11,21,23H,7,12-18H2;1H. The summed E-state index contributed by atoms with van der Waals surface area (Å²) in [5.74, 6) is 0.141. The van der Waals surface area contributed by atoms with Crippen LogP contribution >= 0.6 is 12.4 Å². The van der Waals surface area contributed by atoms with Gasteiger partial charge in [-0.05, 0) is 30.4 Å². The molecule has 0 aliphatic carbocycles. The second-order valence-corrected chi connectivity index (χ2v) is 6.80. The normalized spacial score (nSPS) is 15.9. The lowest BCUT2D eigenvalue weighted by Gasteiger charge is -2.24. The first kappa shape index (κ1) is 21.4. The molecule has 1 unspecified atom stereocenters. The largest absolute Gasteiger partial charge is 0.377 e. The fourth-order valence-corrected chi connectivity index (χ4v) is 3.26. The molecule has 0 spiro atoms. The lowest BCUT2D eigenvalue weighted by Crippen LogP contribution is -2.40. The van der Waals surface area contributed by atoms with E-state index < -0.39 is 0 Å². The molecule has 146 valence electrons. The van der Waals surface area contributed by atoms with Crippen molar-refractivity contribution < 1.29 is 9.53 Å². The smallest absolute Gasteiger partial charge is 0.236 e. The van der Waals surface area contributed by atoms with Crippen molar-refractivity contribution in [2.24, 2.45) is 0 Å². The highest BCUT2D eigenvalue weighted by Crippen LogP contribution is 2.11. The first-order chi connectivity index (χ1) is 12.8. The lowest BCUT2D eigenvalue weighted by molar-refractivity contribution is -0.130. The number of nitrogens with zero attached hydrogens (tertiary/aromatic N) is 1. The molecular formula is C22H29ClN2O2. The number of carbonyl (C=O) groups excluding carboxylic acids is 1. The van der Waals surface area contributed by atoms with E-state index in [0.717, 1.165) is 44.5 Å². The minimum atomic E-state index is 0. The molecular weight excluding hydrogens is 360 g/mol. The summed E-state index contributed by atoms with van der Waals surface area (Å²) in [5.41, 5.74) is 2.42. The predicted octanol–water partition coefficient (Wildman–Crippen LogP) is 3.45. The summed E-state index contributed by atoms with van der Waals surface area (Å²) in [6.45, 7) is 3.33. The van der Waals surface area contributed by atoms with Gasteiger partial charge in [0.2, 0.25) is 5.91 Å². The fraction of sp³-hybridized carbons (Fsp3) is 0.409. The van der Waals surface area contributed by atoms with Crippen molar-refractivity contribution in [3.8, 4) is 0 Å². The molecule has 1 heterocycles. The number of nitrogens with one attached hydrogen (secondary N) is 1. The number of amides is 1. The van der Waals surface area contributed by atoms with E-state index in [-0.39, 0.29) is 24.4 Å². The van der Waals surface area contributed by atoms with E-state index >= 15 is 0 Å². The third kappa shape index (κ3) is 7.33. The van der Waals surface area contributed by atoms with Gasteiger partial charge >= 0.3 is 0 Å². The average Bonchev–Trinajstić information content (AvgIpc) is 3.20. The van der Waals surface area contributed by atoms with E-state index in [1.54, 1.807) is 0 Å². The summed E-state index contributed by atoms with van der Waals surface area (Å²) in [6.07, 6.45) is 3.33. The van der Waals surface area contributed by atoms with Gasteiger partial charge in [0.05, 0.1) is 12.6 Å². The van der Waals surface area contributed by atoms with Gasteiger partial charge in [0, 0.05) is 26.2 Å². The topological polar surface area (TPSA) is 41.6 Å². The summed E-state index contributed by atoms with van der Waals surface area (Å²) < 4.78 is 5.61. The van der Waals surface area contributed by atoms with Crippen molar-refractivity contribution in [1.82, 2.24) is 10.2 Å². The van der Waals surface area contributed by atoms with E-state index in [1.165, 1.54) is 5.56 Å². The van der Waals surface area contributed by atoms with Crippen molar-refractivity contribution in [3.63, 3.8) is 0 Å². The molecule has 1 amide bonds. The summed E-state index contributed by atoms with van der Waals surface area (Å²) >= 11 is 0. The van der Waals surface area contributed by atoms with Crippen LogP contribution in [-0.4, -0.2) is 43.2 Å². The van der Waals surface area contributed by atoms with Crippen LogP contribution in [0.2, 0.25) is 0 Å². The van der Waals surface area contributed by atoms with E-state index in [0.29, 0.717) is 13.1 Å². The monoisotopic (exact) mass is 388 g/mol. The Morgan fingerprint density at radius 1 is 1.04 bits per heavy atom. The fourth-order valence-electron chi connectivity index (χ4n) is 3.26. The maximum atomic E-state index is 12.8. The van der Waals surface area contributed by atoms with Crippen LogP contribution in [0.15, 0.2) is 60.7 Å². The molecule has 1 atom stereocenters. The van der Waals surface area contributed by atoms with E-state index in [4.69, 9.17) is 4.74 Å². The number of benzene rings is 2. The molecule has 1 aliphatic rings. The molecule has 2 aromatic carbocycles. The van der Waals surface area contributed by atoms with Gasteiger partial charge in [-0.2, -0.15) is 0 Å². The molecule has 4 nitrogen and oxygen atoms in total. The summed E-state index contributed by atoms with van der Waals surface area (Å²) in [7, 11) is 0. The summed E-state index contributed by atoms with van der Waals surface area (Å²) in [6, 6.07) is 20.5. The Morgan fingerprint density at radius 3 is 2.33 bits per heavy atom. The van der Waals surface area contributed by atoms with Crippen molar-refractivity contribution in [2.75, 3.05) is 26.2 Å². The van der Waals surface area contributed by atoms with Crippen LogP contribution in [0.25, 0.3) is 0 Å². The predicted molar refractivity (Wildman–Crippen MR) is 111 cm³/mol. The zero-order valence-electron chi connectivity index (χ0n) is 15.7. The summed E-state index contributed by atoms with van der Waals surface area (Å²) in [4.78, 5) is 14.7. The minimum absolute atomic E-state index is 0. The first-order valence-corrected chi connectivity index (χ1v) is 9.49. The first-order valence-electron chi connectivity index (χ1n) is 9.49. The third-order valence-corrected chi connectivity index (χ3v) is 4.75. The van der Waals surface area contributed by atoms with Crippen molar-refractivity contribution in [2.45, 2.75) is 31.9 Å². The second kappa shape index (κ2) is 11.8. The number of hydrogen-bond acceptors (Lipinski definition) is 3. The van der Waals surface area contributed by atoms with Crippen molar-refractivity contribution in [1.29, 1.82) is 0 Å². The maximum Gasteiger partial charge on any atom is 0.236 e. The molecule has 27 heavy (non-hydrogen) atoms. The molecule has 2 aromatic rings. The molecule has 0 saturated carbocycles. The summed E-state index contributed by atoms with van der Waals surface area (Å²) in [5, 5.41) is 3.28. The SMILES string of the molecule is Cl.O=C(CNCC1CCCO1)N(CCc1ccccc1)Cc1ccccc1. The highest BCUT2D eigenvalue weighted by molar-refractivity contribution is 5.85. The molecule has 0 aromatic heterocycles. The van der Waals surface area contributed by atoms with Crippen LogP contribution in [0, 0.1) is 0 Å². The second-order valence-electron chi connectivity index (χ2n) is 6.80. The number of rotatable bonds is 9. The molecule has 1 N–H and O–H groups in total. The van der Waals surface area contributed by atoms with Gasteiger partial charge in [0.25, 0.3) is 0 Å². The highest BCUT2D eigenvalue weighted by atomic mass is 35.5. The molecule has 1 fully saturated rings. The van der Waals surface area contributed by atoms with Gasteiger partial charge in [-0.25, -0.2) is 0 Å². The average molecular weight is 389 g/mol. The Kier molecular flexibility index (Phi) is 9.32. The molecule has 0 radical (unpaired) electrons. The van der Waals surface area contributed by atoms with Crippen LogP contribution in [0.1, 0.15) is 24.0 Å². The van der Waals surface area contributed by atoms with Gasteiger partial charge in [0.1, 0.15) is 0 Å². The van der Waals surface area contributed by atoms with Crippen molar-refractivity contribution in [3.05, 3.63) is 71.8 Å². The molecule has 5 heteroatoms. The van der Waals surface area contributed by atoms with Gasteiger partial charge in [-0.1, -0.05) is 60.7 Å². The highest BCUT2D eigenvalue weighted by Gasteiger charge is 2.17. The quantitative estimate of drug-likeness (QED) is 0.715. The van der Waals surface area contributed by atoms with E-state index in [1.807, 2.05) is 41.3 Å². The Labute approximate surface area is 168 Å². The zero-order chi connectivity index (χ0) is 18.0. The minimum Gasteiger partial charge on any atom is -0.377 e. The van der Waals surface area contributed by atoms with Crippen LogP contribution < -0.4 is 5.32 Å². The molecule has 1 aliphatic heterocycles. The number of carbonyl (C=O) groups is 1. The van der Waals surface area contributed by atoms with E-state index in [9.17, 15) is 4.79 Å². The Hall–Kier alpha value is -1.88. The van der Waals surface area contributed by atoms with Gasteiger partial charge in [-0.3, -0.25) is 4.79 Å². The molecule has 1 saturated heterocycles. The van der Waals surface area contributed by atoms with Crippen LogP contribution in [0.4, 0.5) is 0 Å². The Morgan fingerprint density at radius 2 is 1.70 bits per heavy atom. The van der Waals surface area contributed by atoms with Crippen LogP contribution in [0.3, 0.4) is 0 Å². The van der Waals surface area contributed by atoms with Crippen molar-refractivity contribution >= 4 is 18.3 Å². The lowest BCUT2D eigenvalue weighted by atomic mass is 10.1. The maximum absolute atomic E-state index is 12.8. The number of hydrogen-bond donors (Lipinski definition) is 1. The molecule has 3 rings (SSSR count). The van der Waals surface area contributed by atoms with Gasteiger partial charge < -0.3 is 15.0 Å². The number of ether oxygens (including phenoxy) is 1. The van der Waals surface area contributed by atoms with Gasteiger partial charge in [0.15, 0.2) is 0 Å².